The van der Waals surface area contributed by atoms with E-state index in [-0.39, 0.29) is 17.7 Å². The molecule has 0 radical (unpaired) electrons. The third-order valence-corrected chi connectivity index (χ3v) is 5.10. The van der Waals surface area contributed by atoms with E-state index in [1.165, 1.54) is 7.11 Å². The lowest BCUT2D eigenvalue weighted by Gasteiger charge is -2.12. The molecule has 1 amide bonds. The number of pyridine rings is 1. The van der Waals surface area contributed by atoms with Crippen molar-refractivity contribution in [2.75, 3.05) is 12.4 Å². The molecule has 0 aliphatic carbocycles. The van der Waals surface area contributed by atoms with E-state index in [9.17, 15) is 9.90 Å². The third kappa shape index (κ3) is 4.34. The molecule has 7 nitrogen and oxygen atoms in total. The predicted octanol–water partition coefficient (Wildman–Crippen LogP) is 4.78. The highest BCUT2D eigenvalue weighted by molar-refractivity contribution is 6.31. The van der Waals surface area contributed by atoms with Crippen LogP contribution in [0.4, 0.5) is 11.4 Å². The van der Waals surface area contributed by atoms with Crippen LogP contribution in [-0.4, -0.2) is 23.1 Å². The lowest BCUT2D eigenvalue weighted by molar-refractivity contribution is 0.102. The van der Waals surface area contributed by atoms with E-state index in [4.69, 9.17) is 20.8 Å². The molecule has 8 heteroatoms. The summed E-state index contributed by atoms with van der Waals surface area (Å²) in [5, 5.41) is 13.6. The SMILES string of the molecule is COc1ccc(Cl)cc1NC(=O)c1cc2c(CO)cnc(C)c2oc1=Nc1ccccc1. The highest BCUT2D eigenvalue weighted by Crippen LogP contribution is 2.28. The number of aryl methyl sites for hydroxylation is 1. The molecule has 0 saturated heterocycles. The number of para-hydroxylation sites is 1. The quantitative estimate of drug-likeness (QED) is 0.457. The number of benzene rings is 2. The molecule has 4 aromatic rings. The Morgan fingerprint density at radius 3 is 2.72 bits per heavy atom. The van der Waals surface area contributed by atoms with E-state index < -0.39 is 5.91 Å². The molecule has 0 saturated carbocycles. The number of anilines is 1. The van der Waals surface area contributed by atoms with E-state index in [0.29, 0.717) is 44.4 Å². The van der Waals surface area contributed by atoms with Crippen LogP contribution >= 0.6 is 11.6 Å². The summed E-state index contributed by atoms with van der Waals surface area (Å²) < 4.78 is 11.4. The largest absolute Gasteiger partial charge is 0.495 e. The minimum atomic E-state index is -0.468. The van der Waals surface area contributed by atoms with Gasteiger partial charge < -0.3 is 19.6 Å². The summed E-state index contributed by atoms with van der Waals surface area (Å²) >= 11 is 6.10. The number of nitrogens with zero attached hydrogens (tertiary/aromatic N) is 2. The number of halogens is 1. The number of aromatic nitrogens is 1. The molecule has 0 fully saturated rings. The van der Waals surface area contributed by atoms with Gasteiger partial charge in [-0.25, -0.2) is 4.99 Å². The van der Waals surface area contributed by atoms with Crippen LogP contribution in [0.2, 0.25) is 5.02 Å². The van der Waals surface area contributed by atoms with Gasteiger partial charge in [-0.2, -0.15) is 0 Å². The van der Waals surface area contributed by atoms with Gasteiger partial charge in [0.25, 0.3) is 5.91 Å². The Labute approximate surface area is 189 Å². The van der Waals surface area contributed by atoms with E-state index in [0.717, 1.165) is 0 Å². The van der Waals surface area contributed by atoms with E-state index >= 15 is 0 Å². The van der Waals surface area contributed by atoms with Crippen molar-refractivity contribution in [2.45, 2.75) is 13.5 Å². The van der Waals surface area contributed by atoms with Gasteiger partial charge in [-0.15, -0.1) is 0 Å². The molecule has 2 aromatic heterocycles. The molecule has 2 aromatic carbocycles. The number of rotatable bonds is 5. The Kier molecular flexibility index (Phi) is 6.20. The monoisotopic (exact) mass is 449 g/mol. The van der Waals surface area contributed by atoms with Gasteiger partial charge >= 0.3 is 0 Å². The Hall–Kier alpha value is -3.68. The van der Waals surface area contributed by atoms with Gasteiger partial charge in [0, 0.05) is 22.2 Å². The topological polar surface area (TPSA) is 97.0 Å². The second kappa shape index (κ2) is 9.21. The third-order valence-electron chi connectivity index (χ3n) is 4.86. The standard InChI is InChI=1S/C24H20ClN3O4/c1-14-22-18(15(13-29)12-26-14)11-19(24(32-22)27-17-6-4-3-5-7-17)23(30)28-20-10-16(25)8-9-21(20)31-2/h3-12,29H,13H2,1-2H3,(H,28,30). The molecule has 0 spiro atoms. The lowest BCUT2D eigenvalue weighted by atomic mass is 10.1. The molecule has 4 rings (SSSR count). The zero-order valence-corrected chi connectivity index (χ0v) is 18.2. The Morgan fingerprint density at radius 2 is 2.00 bits per heavy atom. The Bertz CT molecular complexity index is 1370. The maximum Gasteiger partial charge on any atom is 0.261 e. The first-order valence-electron chi connectivity index (χ1n) is 9.78. The molecule has 2 heterocycles. The van der Waals surface area contributed by atoms with Crippen molar-refractivity contribution in [3.63, 3.8) is 0 Å². The maximum absolute atomic E-state index is 13.3. The first kappa shape index (κ1) is 21.5. The van der Waals surface area contributed by atoms with Crippen LogP contribution < -0.4 is 15.6 Å². The zero-order chi connectivity index (χ0) is 22.7. The molecule has 0 bridgehead atoms. The predicted molar refractivity (Wildman–Crippen MR) is 122 cm³/mol. The average Bonchev–Trinajstić information content (AvgIpc) is 2.80. The summed E-state index contributed by atoms with van der Waals surface area (Å²) in [5.74, 6) is -0.0117. The summed E-state index contributed by atoms with van der Waals surface area (Å²) in [5.41, 5.74) is 2.92. The van der Waals surface area contributed by atoms with Gasteiger partial charge in [0.2, 0.25) is 5.55 Å². The molecule has 0 unspecified atom stereocenters. The van der Waals surface area contributed by atoms with Crippen LogP contribution in [0.3, 0.4) is 0 Å². The number of amides is 1. The summed E-state index contributed by atoms with van der Waals surface area (Å²) in [7, 11) is 1.50. The van der Waals surface area contributed by atoms with Gasteiger partial charge in [-0.1, -0.05) is 29.8 Å². The Morgan fingerprint density at radius 1 is 1.22 bits per heavy atom. The second-order valence-corrected chi connectivity index (χ2v) is 7.42. The minimum Gasteiger partial charge on any atom is -0.495 e. The Balaban J connectivity index is 1.92. The number of hydrogen-bond acceptors (Lipinski definition) is 6. The van der Waals surface area contributed by atoms with E-state index in [1.54, 1.807) is 49.5 Å². The van der Waals surface area contributed by atoms with Gasteiger partial charge in [0.05, 0.1) is 30.8 Å². The smallest absolute Gasteiger partial charge is 0.261 e. The summed E-state index contributed by atoms with van der Waals surface area (Å²) in [6, 6.07) is 15.7. The van der Waals surface area contributed by atoms with Crippen molar-refractivity contribution in [3.8, 4) is 5.75 Å². The van der Waals surface area contributed by atoms with Crippen molar-refractivity contribution in [3.05, 3.63) is 88.2 Å². The van der Waals surface area contributed by atoms with Crippen molar-refractivity contribution >= 4 is 39.9 Å². The van der Waals surface area contributed by atoms with Crippen LogP contribution in [0.25, 0.3) is 11.0 Å². The second-order valence-electron chi connectivity index (χ2n) is 6.98. The van der Waals surface area contributed by atoms with E-state index in [2.05, 4.69) is 15.3 Å². The first-order valence-corrected chi connectivity index (χ1v) is 10.2. The van der Waals surface area contributed by atoms with Crippen molar-refractivity contribution < 1.29 is 19.1 Å². The number of aliphatic hydroxyl groups is 1. The fourth-order valence-corrected chi connectivity index (χ4v) is 3.42. The number of hydrogen-bond donors (Lipinski definition) is 2. The van der Waals surface area contributed by atoms with E-state index in [1.807, 2.05) is 18.2 Å². The van der Waals surface area contributed by atoms with Crippen molar-refractivity contribution in [2.24, 2.45) is 4.99 Å². The zero-order valence-electron chi connectivity index (χ0n) is 17.4. The number of fused-ring (bicyclic) bond motifs is 1. The number of aliphatic hydroxyl groups excluding tert-OH is 1. The average molecular weight is 450 g/mol. The molecular weight excluding hydrogens is 430 g/mol. The molecular formula is C24H20ClN3O4. The number of ether oxygens (including phenoxy) is 1. The summed E-state index contributed by atoms with van der Waals surface area (Å²) in [4.78, 5) is 22.1. The summed E-state index contributed by atoms with van der Waals surface area (Å²) in [6.45, 7) is 1.54. The normalized spacial score (nSPS) is 11.6. The molecule has 162 valence electrons. The van der Waals surface area contributed by atoms with Crippen LogP contribution in [-0.2, 0) is 6.61 Å². The minimum absolute atomic E-state index is 0.113. The van der Waals surface area contributed by atoms with Gasteiger partial charge in [-0.3, -0.25) is 9.78 Å². The molecule has 0 atom stereocenters. The number of carbonyl (C=O) groups is 1. The number of nitrogens with one attached hydrogen (secondary N) is 1. The van der Waals surface area contributed by atoms with Crippen molar-refractivity contribution in [1.29, 1.82) is 0 Å². The molecule has 0 aliphatic heterocycles. The van der Waals surface area contributed by atoms with Gasteiger partial charge in [-0.05, 0) is 43.3 Å². The highest BCUT2D eigenvalue weighted by atomic mass is 35.5. The van der Waals surface area contributed by atoms with Crippen LogP contribution in [0, 0.1) is 6.92 Å². The van der Waals surface area contributed by atoms with Crippen LogP contribution in [0.15, 0.2) is 70.2 Å². The fourth-order valence-electron chi connectivity index (χ4n) is 3.25. The molecule has 32 heavy (non-hydrogen) atoms. The lowest BCUT2D eigenvalue weighted by Crippen LogP contribution is -2.22. The number of carbonyl (C=O) groups excluding carboxylic acids is 1. The maximum atomic E-state index is 13.3. The number of methoxy groups -OCH3 is 1. The molecule has 2 N–H and O–H groups in total. The van der Waals surface area contributed by atoms with Gasteiger partial charge in [0.1, 0.15) is 11.3 Å². The highest BCUT2D eigenvalue weighted by Gasteiger charge is 2.18. The van der Waals surface area contributed by atoms with Crippen LogP contribution in [0.5, 0.6) is 5.75 Å². The fraction of sp³-hybridized carbons (Fsp3) is 0.125. The van der Waals surface area contributed by atoms with Crippen LogP contribution in [0.1, 0.15) is 21.6 Å². The molecule has 0 aliphatic rings. The van der Waals surface area contributed by atoms with Crippen molar-refractivity contribution in [1.82, 2.24) is 4.98 Å². The summed E-state index contributed by atoms with van der Waals surface area (Å²) in [6.07, 6.45) is 1.56. The van der Waals surface area contributed by atoms with Gasteiger partial charge in [0.15, 0.2) is 5.58 Å². The first-order chi connectivity index (χ1) is 15.5.